The molecule has 0 aromatic rings. The second-order valence-electron chi connectivity index (χ2n) is 15.7. The van der Waals surface area contributed by atoms with Crippen LogP contribution >= 0.6 is 0 Å². The first-order valence-electron chi connectivity index (χ1n) is 23.6. The van der Waals surface area contributed by atoms with Crippen LogP contribution in [-0.2, 0) is 28.6 Å². The molecule has 0 fully saturated rings. The van der Waals surface area contributed by atoms with Crippen LogP contribution in [-0.4, -0.2) is 37.2 Å². The van der Waals surface area contributed by atoms with E-state index < -0.39 is 6.10 Å². The van der Waals surface area contributed by atoms with Gasteiger partial charge in [0.25, 0.3) is 0 Å². The molecular weight excluding hydrogens is 697 g/mol. The van der Waals surface area contributed by atoms with Crippen molar-refractivity contribution in [3.8, 4) is 0 Å². The Bertz CT molecular complexity index is 996. The Hall–Kier alpha value is -2.63. The summed E-state index contributed by atoms with van der Waals surface area (Å²) in [6, 6.07) is 0. The number of allylic oxidation sites excluding steroid dienone is 8. The van der Waals surface area contributed by atoms with E-state index in [1.54, 1.807) is 0 Å². The molecule has 0 bridgehead atoms. The van der Waals surface area contributed by atoms with E-state index in [-0.39, 0.29) is 31.1 Å². The van der Waals surface area contributed by atoms with E-state index in [0.29, 0.717) is 19.3 Å². The molecule has 0 aliphatic carbocycles. The predicted octanol–water partition coefficient (Wildman–Crippen LogP) is 15.1. The van der Waals surface area contributed by atoms with Gasteiger partial charge in [-0.1, -0.05) is 172 Å². The third-order valence-corrected chi connectivity index (χ3v) is 10.0. The minimum absolute atomic E-state index is 0.0833. The fourth-order valence-electron chi connectivity index (χ4n) is 6.40. The van der Waals surface area contributed by atoms with E-state index in [0.717, 1.165) is 96.3 Å². The first-order valence-corrected chi connectivity index (χ1v) is 23.6. The fraction of sp³-hybridized carbons (Fsp3) is 0.780. The smallest absolute Gasteiger partial charge is 0.306 e. The number of unbranched alkanes of at least 4 members (excludes halogenated alkanes) is 23. The molecule has 0 heterocycles. The van der Waals surface area contributed by atoms with Crippen molar-refractivity contribution in [2.75, 3.05) is 13.2 Å². The van der Waals surface area contributed by atoms with E-state index in [4.69, 9.17) is 14.2 Å². The third-order valence-electron chi connectivity index (χ3n) is 10.0. The van der Waals surface area contributed by atoms with Gasteiger partial charge >= 0.3 is 17.9 Å². The Kier molecular flexibility index (Phi) is 43.0. The fourth-order valence-corrected chi connectivity index (χ4v) is 6.40. The summed E-state index contributed by atoms with van der Waals surface area (Å²) >= 11 is 0. The number of carbonyl (C=O) groups is 3. The Morgan fingerprint density at radius 1 is 0.357 bits per heavy atom. The number of hydrogen-bond donors (Lipinski definition) is 0. The highest BCUT2D eigenvalue weighted by Gasteiger charge is 2.19. The number of esters is 3. The highest BCUT2D eigenvalue weighted by molar-refractivity contribution is 5.71. The van der Waals surface area contributed by atoms with Gasteiger partial charge in [0.15, 0.2) is 6.10 Å². The maximum atomic E-state index is 12.7. The van der Waals surface area contributed by atoms with E-state index in [9.17, 15) is 14.4 Å². The molecule has 0 aromatic carbocycles. The second-order valence-corrected chi connectivity index (χ2v) is 15.7. The van der Waals surface area contributed by atoms with Crippen molar-refractivity contribution < 1.29 is 28.6 Å². The molecule has 0 amide bonds. The predicted molar refractivity (Wildman–Crippen MR) is 238 cm³/mol. The normalized spacial score (nSPS) is 12.4. The zero-order valence-electron chi connectivity index (χ0n) is 36.9. The van der Waals surface area contributed by atoms with Crippen LogP contribution < -0.4 is 0 Å². The van der Waals surface area contributed by atoms with E-state index in [1.807, 2.05) is 0 Å². The van der Waals surface area contributed by atoms with E-state index in [1.165, 1.54) is 96.3 Å². The van der Waals surface area contributed by atoms with Gasteiger partial charge in [-0.25, -0.2) is 0 Å². The monoisotopic (exact) mass is 785 g/mol. The summed E-state index contributed by atoms with van der Waals surface area (Å²) in [5, 5.41) is 0. The molecule has 1 atom stereocenters. The zero-order chi connectivity index (χ0) is 40.8. The van der Waals surface area contributed by atoms with Gasteiger partial charge < -0.3 is 14.2 Å². The summed E-state index contributed by atoms with van der Waals surface area (Å²) in [5.74, 6) is -0.912. The van der Waals surface area contributed by atoms with Crippen molar-refractivity contribution in [2.24, 2.45) is 0 Å². The van der Waals surface area contributed by atoms with Crippen LogP contribution in [0.1, 0.15) is 233 Å². The van der Waals surface area contributed by atoms with Crippen LogP contribution in [0.4, 0.5) is 0 Å². The third kappa shape index (κ3) is 42.5. The molecule has 0 saturated heterocycles. The molecule has 0 saturated carbocycles. The van der Waals surface area contributed by atoms with Crippen LogP contribution in [0.3, 0.4) is 0 Å². The van der Waals surface area contributed by atoms with E-state index in [2.05, 4.69) is 69.4 Å². The lowest BCUT2D eigenvalue weighted by molar-refractivity contribution is -0.167. The largest absolute Gasteiger partial charge is 0.462 e. The van der Waals surface area contributed by atoms with Crippen molar-refractivity contribution in [1.29, 1.82) is 0 Å². The summed E-state index contributed by atoms with van der Waals surface area (Å²) in [6.45, 7) is 6.48. The van der Waals surface area contributed by atoms with Gasteiger partial charge in [-0.2, -0.15) is 0 Å². The standard InChI is InChI=1S/C50H88O6/c1-4-7-10-13-16-19-22-23-24-25-26-27-29-31-34-37-40-43-49(52)55-46-47(45-54-48(51)42-39-36-33-30-21-18-15-12-9-6-3)56-50(53)44-41-38-35-32-28-20-17-14-11-8-5-2/h12,14-17,19,23-24,47H,4-11,13,18,20-22,25-46H2,1-3H3/b15-12-,17-14-,19-16-,24-23-. The lowest BCUT2D eigenvalue weighted by Crippen LogP contribution is -2.30. The van der Waals surface area contributed by atoms with Gasteiger partial charge in [-0.05, 0) is 89.9 Å². The molecule has 324 valence electrons. The summed E-state index contributed by atoms with van der Waals surface area (Å²) in [7, 11) is 0. The van der Waals surface area contributed by atoms with Gasteiger partial charge in [0, 0.05) is 19.3 Å². The molecule has 0 radical (unpaired) electrons. The van der Waals surface area contributed by atoms with Crippen molar-refractivity contribution in [1.82, 2.24) is 0 Å². The number of ether oxygens (including phenoxy) is 3. The minimum atomic E-state index is -0.780. The van der Waals surface area contributed by atoms with Crippen molar-refractivity contribution in [2.45, 2.75) is 239 Å². The van der Waals surface area contributed by atoms with Crippen LogP contribution in [0.15, 0.2) is 48.6 Å². The number of carbonyl (C=O) groups excluding carboxylic acids is 3. The molecule has 0 aliphatic rings. The minimum Gasteiger partial charge on any atom is -0.462 e. The Balaban J connectivity index is 4.35. The summed E-state index contributed by atoms with van der Waals surface area (Å²) in [4.78, 5) is 37.7. The molecule has 0 rings (SSSR count). The molecule has 0 aromatic heterocycles. The molecular formula is C50H88O6. The van der Waals surface area contributed by atoms with Gasteiger partial charge in [0.1, 0.15) is 13.2 Å². The van der Waals surface area contributed by atoms with Crippen molar-refractivity contribution in [3.63, 3.8) is 0 Å². The summed E-state index contributed by atoms with van der Waals surface area (Å²) in [5.41, 5.74) is 0. The summed E-state index contributed by atoms with van der Waals surface area (Å²) < 4.78 is 16.7. The molecule has 0 aliphatic heterocycles. The number of hydrogen-bond acceptors (Lipinski definition) is 6. The molecule has 6 heteroatoms. The average molecular weight is 785 g/mol. The maximum Gasteiger partial charge on any atom is 0.306 e. The average Bonchev–Trinajstić information content (AvgIpc) is 3.19. The summed E-state index contributed by atoms with van der Waals surface area (Å²) in [6.07, 6.45) is 52.3. The van der Waals surface area contributed by atoms with Crippen LogP contribution in [0.5, 0.6) is 0 Å². The Labute approximate surface area is 346 Å². The van der Waals surface area contributed by atoms with Crippen LogP contribution in [0.2, 0.25) is 0 Å². The quantitative estimate of drug-likeness (QED) is 0.0265. The first-order chi connectivity index (χ1) is 27.5. The highest BCUT2D eigenvalue weighted by Crippen LogP contribution is 2.14. The van der Waals surface area contributed by atoms with Gasteiger partial charge in [-0.15, -0.1) is 0 Å². The van der Waals surface area contributed by atoms with Crippen LogP contribution in [0, 0.1) is 0 Å². The highest BCUT2D eigenvalue weighted by atomic mass is 16.6. The van der Waals surface area contributed by atoms with Gasteiger partial charge in [0.05, 0.1) is 0 Å². The van der Waals surface area contributed by atoms with E-state index >= 15 is 0 Å². The molecule has 6 nitrogen and oxygen atoms in total. The molecule has 1 unspecified atom stereocenters. The lowest BCUT2D eigenvalue weighted by atomic mass is 10.1. The Morgan fingerprint density at radius 3 is 1.12 bits per heavy atom. The van der Waals surface area contributed by atoms with Gasteiger partial charge in [0.2, 0.25) is 0 Å². The maximum absolute atomic E-state index is 12.7. The second kappa shape index (κ2) is 45.1. The van der Waals surface area contributed by atoms with Crippen molar-refractivity contribution in [3.05, 3.63) is 48.6 Å². The van der Waals surface area contributed by atoms with Crippen molar-refractivity contribution >= 4 is 17.9 Å². The van der Waals surface area contributed by atoms with Gasteiger partial charge in [-0.3, -0.25) is 14.4 Å². The lowest BCUT2D eigenvalue weighted by Gasteiger charge is -2.18. The zero-order valence-corrected chi connectivity index (χ0v) is 36.9. The first kappa shape index (κ1) is 53.4. The number of rotatable bonds is 42. The Morgan fingerprint density at radius 2 is 0.696 bits per heavy atom. The SMILES string of the molecule is CCC/C=C\CCCCCCCC(=O)OCC(COC(=O)CCCCCCCCC/C=C\C/C=C\CCCCC)OC(=O)CCCCCCC/C=C\CCCC. The topological polar surface area (TPSA) is 78.9 Å². The molecule has 56 heavy (non-hydrogen) atoms. The molecule has 0 N–H and O–H groups in total. The van der Waals surface area contributed by atoms with Crippen LogP contribution in [0.25, 0.3) is 0 Å². The molecule has 0 spiro atoms.